The first-order valence-corrected chi connectivity index (χ1v) is 20.8. The molecule has 0 heterocycles. The van der Waals surface area contributed by atoms with Gasteiger partial charge in [0.05, 0.1) is 0 Å². The Labute approximate surface area is 374 Å². The molecule has 53 heavy (non-hydrogen) atoms. The van der Waals surface area contributed by atoms with Gasteiger partial charge in [0.2, 0.25) is 0 Å². The van der Waals surface area contributed by atoms with E-state index in [0.717, 1.165) is 29.6 Å². The predicted octanol–water partition coefficient (Wildman–Crippen LogP) is 10.3. The summed E-state index contributed by atoms with van der Waals surface area (Å²) in [7, 11) is 0. The molecule has 0 spiro atoms. The van der Waals surface area contributed by atoms with Crippen molar-refractivity contribution >= 4 is 0 Å². The van der Waals surface area contributed by atoms with Crippen molar-refractivity contribution in [1.82, 2.24) is 0 Å². The predicted molar refractivity (Wildman–Crippen MR) is 188 cm³/mol. The van der Waals surface area contributed by atoms with E-state index in [1.807, 2.05) is 0 Å². The quantitative estimate of drug-likeness (QED) is 0.228. The summed E-state index contributed by atoms with van der Waals surface area (Å²) in [6.07, 6.45) is 21.7. The summed E-state index contributed by atoms with van der Waals surface area (Å²) in [6.45, 7) is 12.7. The molecule has 4 fully saturated rings. The van der Waals surface area contributed by atoms with Gasteiger partial charge < -0.3 is 15.3 Å². The van der Waals surface area contributed by atoms with E-state index in [9.17, 15) is 0 Å². The van der Waals surface area contributed by atoms with Gasteiger partial charge in [-0.25, -0.2) is 0 Å². The summed E-state index contributed by atoms with van der Waals surface area (Å²) < 4.78 is 66.9. The topological polar surface area (TPSA) is 197 Å². The van der Waals surface area contributed by atoms with E-state index in [2.05, 4.69) is 66.5 Å². The molecule has 17 heteroatoms. The average molecular weight is 1030 g/mol. The first-order chi connectivity index (χ1) is 22.3. The van der Waals surface area contributed by atoms with E-state index >= 15 is 0 Å². The minimum atomic E-state index is -3.79. The van der Waals surface area contributed by atoms with E-state index in [1.54, 1.807) is 0 Å². The summed E-state index contributed by atoms with van der Waals surface area (Å²) in [6, 6.07) is 0. The zero-order valence-electron chi connectivity index (χ0n) is 29.9. The molecule has 4 rings (SSSR count). The first kappa shape index (κ1) is 78.7. The summed E-state index contributed by atoms with van der Waals surface area (Å²) in [5.74, 6) is 6.14. The number of hydrogen-bond acceptors (Lipinski definition) is 11. The Hall–Kier alpha value is 1.45. The molecular weight excluding hydrogens is 943 g/mol. The van der Waals surface area contributed by atoms with Crippen molar-refractivity contribution in [2.45, 2.75) is 167 Å². The molecule has 0 aliphatic heterocycles. The summed E-state index contributed by atoms with van der Waals surface area (Å²) in [4.78, 5) is 0. The Morgan fingerprint density at radius 3 is 0.623 bits per heavy atom. The average Bonchev–Trinajstić information content (AvgIpc) is 3.05. The zero-order chi connectivity index (χ0) is 37.2. The number of aliphatic hydroxyl groups excluding tert-OH is 3. The van der Waals surface area contributed by atoms with Crippen LogP contribution < -0.4 is 0 Å². The van der Waals surface area contributed by atoms with Crippen LogP contribution in [0.25, 0.3) is 0 Å². The third-order valence-corrected chi connectivity index (χ3v) is 10.1. The fourth-order valence-electron chi connectivity index (χ4n) is 6.49. The first-order valence-electron chi connectivity index (χ1n) is 16.9. The molecule has 0 aromatic carbocycles. The van der Waals surface area contributed by atoms with Crippen LogP contribution in [-0.2, 0) is 125 Å². The number of rotatable bonds is 3. The van der Waals surface area contributed by atoms with Crippen molar-refractivity contribution in [2.75, 3.05) is 19.8 Å². The second-order valence-electron chi connectivity index (χ2n) is 13.3. The van der Waals surface area contributed by atoms with E-state index in [4.69, 9.17) is 45.8 Å². The molecule has 0 aromatic heterocycles. The number of aliphatic hydroxyl groups is 3. The molecule has 0 unspecified atom stereocenters. The van der Waals surface area contributed by atoms with Crippen LogP contribution in [0, 0.1) is 47.3 Å². The molecule has 4 saturated carbocycles. The van der Waals surface area contributed by atoms with Gasteiger partial charge in [-0.15, -0.1) is 0 Å². The summed E-state index contributed by atoms with van der Waals surface area (Å²) in [5.41, 5.74) is 0. The van der Waals surface area contributed by atoms with Gasteiger partial charge in [-0.3, -0.25) is 0 Å². The van der Waals surface area contributed by atoms with E-state index in [-0.39, 0.29) is 67.3 Å². The van der Waals surface area contributed by atoms with E-state index in [1.165, 1.54) is 103 Å². The van der Waals surface area contributed by atoms with Crippen LogP contribution in [0.4, 0.5) is 0 Å². The van der Waals surface area contributed by atoms with Crippen molar-refractivity contribution in [2.24, 2.45) is 47.3 Å². The van der Waals surface area contributed by atoms with Gasteiger partial charge in [-0.2, -0.15) is 0 Å². The molecule has 0 amide bonds. The minimum absolute atomic E-state index is 0. The fourth-order valence-corrected chi connectivity index (χ4v) is 6.49. The molecule has 11 nitrogen and oxygen atoms in total. The Kier molecular flexibility index (Phi) is 85.8. The molecule has 4 aliphatic carbocycles. The van der Waals surface area contributed by atoms with Gasteiger partial charge in [0, 0.05) is 57.4 Å². The third-order valence-electron chi connectivity index (χ3n) is 10.1. The molecule has 0 bridgehead atoms. The second-order valence-corrected chi connectivity index (χ2v) is 14.5. The monoisotopic (exact) mass is 1030 g/mol. The van der Waals surface area contributed by atoms with Crippen LogP contribution in [0.5, 0.6) is 0 Å². The molecule has 3 N–H and O–H groups in total. The maximum atomic E-state index is 8.86. The normalized spacial score (nSPS) is 25.8. The van der Waals surface area contributed by atoms with E-state index < -0.39 is 27.9 Å². The molecule has 340 valence electrons. The standard InChI is InChI=1S/3C8H16O.C8H16.4CH4.4Cr.2Cu.8O.2H2/c3*1-7-4-2-3-5-8(7)6-9;1-7-5-3-4-6-8(7)2;;;;;;;;;;;;;;;;;;;;/h3*7-9H,2-6H2,1H3;7-8H,3-6H2,1-2H3;4*1H4;;;;;;;;;;;;;;;2*1H/t2*7-,8+;7-,8-;7-,8+;;;;;;;;;;;;;;;;;;;;/m111...................../s1. The Balaban J connectivity index is -0.0000000392. The van der Waals surface area contributed by atoms with Crippen molar-refractivity contribution < 1.29 is 143 Å². The molecule has 4 aliphatic rings. The number of hydrogen-bond donors (Lipinski definition) is 3. The SMILES string of the molecule is C.C.C.C.C[C@@H]1CCCC[C@@H]1C.C[C@@H]1CCCC[C@@H]1CO.C[C@@H]1CCCC[C@H]1CO.C[C@@H]1CCCC[C@H]1CO.[Cr].[Cr].[HH].[HH].[O]=[Cr](=[O])=[O].[O]=[Cr](=[O])=[O].[O]=[Cu].[O]=[Cu]. The third kappa shape index (κ3) is 53.4. The Bertz CT molecular complexity index is 826. The second kappa shape index (κ2) is 57.8. The van der Waals surface area contributed by atoms with E-state index in [0.29, 0.717) is 37.6 Å². The zero-order valence-corrected chi connectivity index (χ0v) is 36.9. The van der Waals surface area contributed by atoms with Crippen molar-refractivity contribution in [3.05, 3.63) is 0 Å². The molecule has 0 saturated heterocycles. The fraction of sp³-hybridized carbons (Fsp3) is 1.00. The van der Waals surface area contributed by atoms with Gasteiger partial charge in [0.1, 0.15) is 0 Å². The van der Waals surface area contributed by atoms with Gasteiger partial charge >= 0.3 is 90.3 Å². The van der Waals surface area contributed by atoms with Gasteiger partial charge in [-0.05, 0) is 66.6 Å². The van der Waals surface area contributed by atoms with Crippen LogP contribution in [0.2, 0.25) is 0 Å². The van der Waals surface area contributed by atoms with Crippen LogP contribution in [0.1, 0.15) is 170 Å². The van der Waals surface area contributed by atoms with Crippen LogP contribution in [0.15, 0.2) is 0 Å². The Morgan fingerprint density at radius 2 is 0.528 bits per heavy atom. The van der Waals surface area contributed by atoms with Gasteiger partial charge in [0.25, 0.3) is 0 Å². The molecular formula is C36H84Cr4Cu2O11. The van der Waals surface area contributed by atoms with Gasteiger partial charge in [0.15, 0.2) is 0 Å². The van der Waals surface area contributed by atoms with Crippen molar-refractivity contribution in [3.63, 3.8) is 0 Å². The van der Waals surface area contributed by atoms with Crippen LogP contribution in [-0.4, -0.2) is 35.1 Å². The van der Waals surface area contributed by atoms with Crippen molar-refractivity contribution in [1.29, 1.82) is 0 Å². The van der Waals surface area contributed by atoms with Crippen LogP contribution in [0.3, 0.4) is 0 Å². The van der Waals surface area contributed by atoms with Crippen LogP contribution >= 0.6 is 0 Å². The molecule has 8 atom stereocenters. The molecule has 0 aromatic rings. The maximum absolute atomic E-state index is 8.86. The summed E-state index contributed by atoms with van der Waals surface area (Å²) >= 11 is -1.71. The summed E-state index contributed by atoms with van der Waals surface area (Å²) in [5, 5.41) is 26.6. The van der Waals surface area contributed by atoms with Gasteiger partial charge in [-0.1, -0.05) is 148 Å². The van der Waals surface area contributed by atoms with Crippen molar-refractivity contribution in [3.8, 4) is 0 Å². The molecule has 0 radical (unpaired) electrons. The Morgan fingerprint density at radius 1 is 0.396 bits per heavy atom.